The molecule has 4 heteroatoms. The van der Waals surface area contributed by atoms with Gasteiger partial charge in [0.15, 0.2) is 0 Å². The lowest BCUT2D eigenvalue weighted by Crippen LogP contribution is -2.40. The summed E-state index contributed by atoms with van der Waals surface area (Å²) >= 11 is 1.90. The fraction of sp³-hybridized carbons (Fsp3) is 0.900. The van der Waals surface area contributed by atoms with Crippen molar-refractivity contribution in [2.75, 3.05) is 18.6 Å². The molecule has 1 atom stereocenters. The van der Waals surface area contributed by atoms with Gasteiger partial charge in [-0.05, 0) is 32.9 Å². The van der Waals surface area contributed by atoms with Crippen molar-refractivity contribution >= 4 is 17.9 Å². The van der Waals surface area contributed by atoms with Crippen molar-refractivity contribution in [3.63, 3.8) is 0 Å². The molecule has 0 aromatic heterocycles. The van der Waals surface area contributed by atoms with Gasteiger partial charge in [0.1, 0.15) is 5.60 Å². The SMILES string of the molecule is CN(C(=O)OC(C)(C)C)[C@H]1CCSC1. The monoisotopic (exact) mass is 217 g/mol. The molecule has 0 bridgehead atoms. The van der Waals surface area contributed by atoms with Crippen LogP contribution in [0.3, 0.4) is 0 Å². The van der Waals surface area contributed by atoms with Crippen LogP contribution in [-0.4, -0.2) is 41.2 Å². The number of nitrogens with zero attached hydrogens (tertiary/aromatic N) is 1. The van der Waals surface area contributed by atoms with Crippen LogP contribution in [0.15, 0.2) is 0 Å². The largest absolute Gasteiger partial charge is 0.444 e. The third-order valence-corrected chi connectivity index (χ3v) is 3.28. The predicted molar refractivity (Wildman–Crippen MR) is 59.7 cm³/mol. The van der Waals surface area contributed by atoms with E-state index in [9.17, 15) is 4.79 Å². The molecule has 0 spiro atoms. The van der Waals surface area contributed by atoms with E-state index in [0.29, 0.717) is 6.04 Å². The van der Waals surface area contributed by atoms with Gasteiger partial charge in [-0.1, -0.05) is 0 Å². The van der Waals surface area contributed by atoms with Crippen molar-refractivity contribution in [3.05, 3.63) is 0 Å². The number of carbonyl (C=O) groups is 1. The number of carbonyl (C=O) groups excluding carboxylic acids is 1. The molecule has 82 valence electrons. The molecule has 14 heavy (non-hydrogen) atoms. The molecule has 0 aromatic rings. The van der Waals surface area contributed by atoms with E-state index in [1.54, 1.807) is 4.90 Å². The lowest BCUT2D eigenvalue weighted by atomic mass is 10.2. The molecule has 0 radical (unpaired) electrons. The summed E-state index contributed by atoms with van der Waals surface area (Å²) in [6, 6.07) is 0.356. The van der Waals surface area contributed by atoms with E-state index >= 15 is 0 Å². The van der Waals surface area contributed by atoms with Gasteiger partial charge < -0.3 is 9.64 Å². The molecule has 1 rings (SSSR count). The molecular weight excluding hydrogens is 198 g/mol. The van der Waals surface area contributed by atoms with Crippen LogP contribution in [0.2, 0.25) is 0 Å². The maximum atomic E-state index is 11.6. The zero-order valence-electron chi connectivity index (χ0n) is 9.37. The minimum absolute atomic E-state index is 0.204. The van der Waals surface area contributed by atoms with Crippen molar-refractivity contribution < 1.29 is 9.53 Å². The summed E-state index contributed by atoms with van der Waals surface area (Å²) in [6.45, 7) is 5.67. The molecule has 3 nitrogen and oxygen atoms in total. The van der Waals surface area contributed by atoms with Gasteiger partial charge in [0.05, 0.1) is 0 Å². The number of ether oxygens (including phenoxy) is 1. The summed E-state index contributed by atoms with van der Waals surface area (Å²) in [4.78, 5) is 13.4. The summed E-state index contributed by atoms with van der Waals surface area (Å²) in [5, 5.41) is 0. The number of hydrogen-bond donors (Lipinski definition) is 0. The average molecular weight is 217 g/mol. The Morgan fingerprint density at radius 2 is 2.14 bits per heavy atom. The van der Waals surface area contributed by atoms with E-state index < -0.39 is 5.60 Å². The van der Waals surface area contributed by atoms with Crippen LogP contribution in [0.5, 0.6) is 0 Å². The molecule has 0 N–H and O–H groups in total. The van der Waals surface area contributed by atoms with E-state index in [-0.39, 0.29) is 6.09 Å². The van der Waals surface area contributed by atoms with Crippen LogP contribution in [0.25, 0.3) is 0 Å². The van der Waals surface area contributed by atoms with Crippen LogP contribution < -0.4 is 0 Å². The van der Waals surface area contributed by atoms with Crippen LogP contribution in [0, 0.1) is 0 Å². The molecule has 1 heterocycles. The Morgan fingerprint density at radius 3 is 2.57 bits per heavy atom. The molecular formula is C10H19NO2S. The van der Waals surface area contributed by atoms with Crippen molar-refractivity contribution in [1.82, 2.24) is 4.90 Å². The Bertz CT molecular complexity index is 207. The third kappa shape index (κ3) is 3.40. The first-order chi connectivity index (χ1) is 6.40. The fourth-order valence-electron chi connectivity index (χ4n) is 1.31. The van der Waals surface area contributed by atoms with Crippen molar-refractivity contribution in [2.45, 2.75) is 38.8 Å². The third-order valence-electron chi connectivity index (χ3n) is 2.13. The smallest absolute Gasteiger partial charge is 0.410 e. The van der Waals surface area contributed by atoms with E-state index in [1.807, 2.05) is 39.6 Å². The van der Waals surface area contributed by atoms with E-state index in [4.69, 9.17) is 4.74 Å². The molecule has 1 amide bonds. The van der Waals surface area contributed by atoms with Crippen LogP contribution in [0.4, 0.5) is 4.79 Å². The quantitative estimate of drug-likeness (QED) is 0.675. The standard InChI is InChI=1S/C10H19NO2S/c1-10(2,3)13-9(12)11(4)8-5-6-14-7-8/h8H,5-7H2,1-4H3/t8-/m0/s1. The van der Waals surface area contributed by atoms with Gasteiger partial charge in [-0.2, -0.15) is 11.8 Å². The first-order valence-electron chi connectivity index (χ1n) is 4.94. The summed E-state index contributed by atoms with van der Waals surface area (Å²) in [5.74, 6) is 2.19. The molecule has 1 aliphatic rings. The van der Waals surface area contributed by atoms with Crippen LogP contribution >= 0.6 is 11.8 Å². The summed E-state index contributed by atoms with van der Waals surface area (Å²) in [7, 11) is 1.82. The minimum atomic E-state index is -0.392. The van der Waals surface area contributed by atoms with E-state index in [0.717, 1.165) is 17.9 Å². The topological polar surface area (TPSA) is 29.5 Å². The van der Waals surface area contributed by atoms with E-state index in [2.05, 4.69) is 0 Å². The lowest BCUT2D eigenvalue weighted by molar-refractivity contribution is 0.0241. The van der Waals surface area contributed by atoms with Crippen molar-refractivity contribution in [1.29, 1.82) is 0 Å². The molecule has 0 saturated carbocycles. The van der Waals surface area contributed by atoms with Gasteiger partial charge in [-0.25, -0.2) is 4.79 Å². The zero-order valence-corrected chi connectivity index (χ0v) is 10.2. The molecule has 1 aliphatic heterocycles. The highest BCUT2D eigenvalue weighted by Gasteiger charge is 2.27. The summed E-state index contributed by atoms with van der Waals surface area (Å²) < 4.78 is 5.29. The Balaban J connectivity index is 2.43. The zero-order chi connectivity index (χ0) is 10.8. The second-order valence-corrected chi connectivity index (χ2v) is 5.76. The fourth-order valence-corrected chi connectivity index (χ4v) is 2.58. The predicted octanol–water partition coefficient (Wildman–Crippen LogP) is 2.36. The second kappa shape index (κ2) is 4.43. The number of hydrogen-bond acceptors (Lipinski definition) is 3. The number of amides is 1. The summed E-state index contributed by atoms with van der Waals surface area (Å²) in [6.07, 6.45) is 0.880. The maximum Gasteiger partial charge on any atom is 0.410 e. The molecule has 0 aliphatic carbocycles. The van der Waals surface area contributed by atoms with Crippen LogP contribution in [-0.2, 0) is 4.74 Å². The Morgan fingerprint density at radius 1 is 1.50 bits per heavy atom. The van der Waals surface area contributed by atoms with Gasteiger partial charge in [0, 0.05) is 18.8 Å². The Labute approximate surface area is 90.2 Å². The van der Waals surface area contributed by atoms with Gasteiger partial charge in [0.25, 0.3) is 0 Å². The highest BCUT2D eigenvalue weighted by Crippen LogP contribution is 2.22. The molecule has 1 saturated heterocycles. The molecule has 0 unspecified atom stereocenters. The Hall–Kier alpha value is -0.380. The Kier molecular flexibility index (Phi) is 3.70. The second-order valence-electron chi connectivity index (χ2n) is 4.61. The summed E-state index contributed by atoms with van der Waals surface area (Å²) in [5.41, 5.74) is -0.392. The first-order valence-corrected chi connectivity index (χ1v) is 6.09. The molecule has 0 aromatic carbocycles. The first kappa shape index (κ1) is 11.7. The number of rotatable bonds is 1. The van der Waals surface area contributed by atoms with Gasteiger partial charge in [0.2, 0.25) is 0 Å². The van der Waals surface area contributed by atoms with Gasteiger partial charge >= 0.3 is 6.09 Å². The average Bonchev–Trinajstić information content (AvgIpc) is 2.51. The highest BCUT2D eigenvalue weighted by molar-refractivity contribution is 7.99. The number of thioether (sulfide) groups is 1. The van der Waals surface area contributed by atoms with Crippen molar-refractivity contribution in [3.8, 4) is 0 Å². The van der Waals surface area contributed by atoms with E-state index in [1.165, 1.54) is 0 Å². The lowest BCUT2D eigenvalue weighted by Gasteiger charge is -2.28. The van der Waals surface area contributed by atoms with Gasteiger partial charge in [-0.3, -0.25) is 0 Å². The highest BCUT2D eigenvalue weighted by atomic mass is 32.2. The van der Waals surface area contributed by atoms with Gasteiger partial charge in [-0.15, -0.1) is 0 Å². The maximum absolute atomic E-state index is 11.6. The minimum Gasteiger partial charge on any atom is -0.444 e. The van der Waals surface area contributed by atoms with Crippen LogP contribution in [0.1, 0.15) is 27.2 Å². The molecule has 1 fully saturated rings. The van der Waals surface area contributed by atoms with Crippen molar-refractivity contribution in [2.24, 2.45) is 0 Å². The normalized spacial score (nSPS) is 22.1.